The van der Waals surface area contributed by atoms with Crippen LogP contribution in [0, 0.1) is 6.92 Å². The smallest absolute Gasteiger partial charge is 0.255 e. The van der Waals surface area contributed by atoms with Crippen molar-refractivity contribution in [3.63, 3.8) is 0 Å². The van der Waals surface area contributed by atoms with E-state index in [0.29, 0.717) is 24.5 Å². The molecule has 0 aromatic carbocycles. The lowest BCUT2D eigenvalue weighted by atomic mass is 10.2. The second-order valence-electron chi connectivity index (χ2n) is 4.68. The fraction of sp³-hybridized carbons (Fsp3) is 0.357. The highest BCUT2D eigenvalue weighted by molar-refractivity contribution is 9.10. The molecule has 0 radical (unpaired) electrons. The van der Waals surface area contributed by atoms with Gasteiger partial charge in [0, 0.05) is 42.6 Å². The Kier molecular flexibility index (Phi) is 4.95. The normalized spacial score (nSPS) is 10.5. The van der Waals surface area contributed by atoms with Gasteiger partial charge < -0.3 is 10.6 Å². The molecule has 0 aliphatic heterocycles. The first-order valence-electron chi connectivity index (χ1n) is 6.68. The van der Waals surface area contributed by atoms with Crippen LogP contribution < -0.4 is 10.6 Å². The van der Waals surface area contributed by atoms with Crippen LogP contribution in [0.4, 0.5) is 5.82 Å². The van der Waals surface area contributed by atoms with Crippen molar-refractivity contribution in [2.24, 2.45) is 7.05 Å². The van der Waals surface area contributed by atoms with Gasteiger partial charge in [0.25, 0.3) is 5.91 Å². The summed E-state index contributed by atoms with van der Waals surface area (Å²) in [7, 11) is 1.86. The molecule has 1 amide bonds. The maximum absolute atomic E-state index is 12.3. The van der Waals surface area contributed by atoms with Gasteiger partial charge in [-0.25, -0.2) is 4.98 Å². The quantitative estimate of drug-likeness (QED) is 0.866. The van der Waals surface area contributed by atoms with Crippen molar-refractivity contribution in [2.45, 2.75) is 20.4 Å². The van der Waals surface area contributed by atoms with Crippen LogP contribution in [0.3, 0.4) is 0 Å². The largest absolute Gasteiger partial charge is 0.370 e. The minimum atomic E-state index is -0.164. The van der Waals surface area contributed by atoms with Gasteiger partial charge in [-0.15, -0.1) is 0 Å². The summed E-state index contributed by atoms with van der Waals surface area (Å²) in [6.45, 7) is 5.03. The van der Waals surface area contributed by atoms with E-state index in [1.165, 1.54) is 0 Å². The van der Waals surface area contributed by atoms with Gasteiger partial charge >= 0.3 is 0 Å². The van der Waals surface area contributed by atoms with Gasteiger partial charge in [-0.1, -0.05) is 0 Å². The van der Waals surface area contributed by atoms with Crippen LogP contribution in [0.5, 0.6) is 0 Å². The first kappa shape index (κ1) is 15.5. The van der Waals surface area contributed by atoms with Crippen molar-refractivity contribution in [1.29, 1.82) is 0 Å². The Labute approximate surface area is 132 Å². The molecule has 0 saturated carbocycles. The van der Waals surface area contributed by atoms with Crippen molar-refractivity contribution >= 4 is 27.7 Å². The molecule has 2 aromatic heterocycles. The van der Waals surface area contributed by atoms with Crippen LogP contribution in [0.2, 0.25) is 0 Å². The molecule has 2 heterocycles. The number of hydrogen-bond acceptors (Lipinski definition) is 4. The molecule has 112 valence electrons. The molecule has 7 heteroatoms. The highest BCUT2D eigenvalue weighted by Gasteiger charge is 2.14. The summed E-state index contributed by atoms with van der Waals surface area (Å²) in [4.78, 5) is 16.6. The molecule has 0 fully saturated rings. The first-order valence-corrected chi connectivity index (χ1v) is 7.47. The summed E-state index contributed by atoms with van der Waals surface area (Å²) in [5, 5.41) is 10.2. The molecule has 0 saturated heterocycles. The Morgan fingerprint density at radius 3 is 2.86 bits per heavy atom. The summed E-state index contributed by atoms with van der Waals surface area (Å²) < 4.78 is 2.51. The fourth-order valence-corrected chi connectivity index (χ4v) is 2.34. The summed E-state index contributed by atoms with van der Waals surface area (Å²) in [6.07, 6.45) is 3.57. The van der Waals surface area contributed by atoms with Gasteiger partial charge in [0.15, 0.2) is 0 Å². The van der Waals surface area contributed by atoms with Crippen molar-refractivity contribution in [3.05, 3.63) is 39.8 Å². The van der Waals surface area contributed by atoms with Crippen molar-refractivity contribution in [3.8, 4) is 0 Å². The SMILES string of the molecule is CCNc1ncc(Br)cc1C(=O)NCc1cn(C)nc1C. The number of hydrogen-bond donors (Lipinski definition) is 2. The zero-order valence-electron chi connectivity index (χ0n) is 12.3. The van der Waals surface area contributed by atoms with E-state index in [9.17, 15) is 4.79 Å². The molecule has 0 aliphatic carbocycles. The predicted octanol–water partition coefficient (Wildman–Crippen LogP) is 2.25. The molecule has 0 aliphatic rings. The van der Waals surface area contributed by atoms with Gasteiger partial charge in [0.2, 0.25) is 0 Å². The standard InChI is InChI=1S/C14H18BrN5O/c1-4-16-13-12(5-11(15)7-17-13)14(21)18-6-10-8-20(3)19-9(10)2/h5,7-8H,4,6H2,1-3H3,(H,16,17)(H,18,21). The third-order valence-corrected chi connectivity index (χ3v) is 3.43. The van der Waals surface area contributed by atoms with Crippen LogP contribution >= 0.6 is 15.9 Å². The minimum absolute atomic E-state index is 0.164. The van der Waals surface area contributed by atoms with Gasteiger partial charge in [0.05, 0.1) is 11.3 Å². The topological polar surface area (TPSA) is 71.8 Å². The Bertz CT molecular complexity index is 653. The minimum Gasteiger partial charge on any atom is -0.370 e. The summed E-state index contributed by atoms with van der Waals surface area (Å²) in [5.41, 5.74) is 2.43. The summed E-state index contributed by atoms with van der Waals surface area (Å²) in [5.74, 6) is 0.420. The number of pyridine rings is 1. The molecule has 2 N–H and O–H groups in total. The monoisotopic (exact) mass is 351 g/mol. The molecule has 0 atom stereocenters. The Morgan fingerprint density at radius 2 is 2.24 bits per heavy atom. The average Bonchev–Trinajstić information content (AvgIpc) is 2.76. The molecular formula is C14H18BrN5O. The third kappa shape index (κ3) is 3.81. The predicted molar refractivity (Wildman–Crippen MR) is 85.2 cm³/mol. The number of nitrogens with one attached hydrogen (secondary N) is 2. The number of halogens is 1. The number of aryl methyl sites for hydroxylation is 2. The third-order valence-electron chi connectivity index (χ3n) is 3.00. The van der Waals surface area contributed by atoms with Crippen LogP contribution in [0.15, 0.2) is 22.9 Å². The maximum atomic E-state index is 12.3. The summed E-state index contributed by atoms with van der Waals surface area (Å²) in [6, 6.07) is 1.76. The molecule has 2 aromatic rings. The Hall–Kier alpha value is -1.89. The lowest BCUT2D eigenvalue weighted by Crippen LogP contribution is -2.24. The van der Waals surface area contributed by atoms with E-state index in [4.69, 9.17) is 0 Å². The molecule has 0 bridgehead atoms. The van der Waals surface area contributed by atoms with Crippen LogP contribution in [-0.4, -0.2) is 27.2 Å². The highest BCUT2D eigenvalue weighted by atomic mass is 79.9. The molecule has 21 heavy (non-hydrogen) atoms. The van der Waals surface area contributed by atoms with E-state index in [1.54, 1.807) is 16.9 Å². The van der Waals surface area contributed by atoms with E-state index < -0.39 is 0 Å². The average molecular weight is 352 g/mol. The lowest BCUT2D eigenvalue weighted by Gasteiger charge is -2.10. The van der Waals surface area contributed by atoms with E-state index in [1.807, 2.05) is 27.1 Å². The van der Waals surface area contributed by atoms with E-state index in [2.05, 4.69) is 36.6 Å². The number of nitrogens with zero attached hydrogens (tertiary/aromatic N) is 3. The number of carbonyl (C=O) groups is 1. The summed E-state index contributed by atoms with van der Waals surface area (Å²) >= 11 is 3.34. The van der Waals surface area contributed by atoms with Crippen molar-refractivity contribution < 1.29 is 4.79 Å². The lowest BCUT2D eigenvalue weighted by molar-refractivity contribution is 0.0951. The first-order chi connectivity index (χ1) is 10.0. The van der Waals surface area contributed by atoms with Crippen LogP contribution in [0.1, 0.15) is 28.5 Å². The zero-order chi connectivity index (χ0) is 15.4. The number of aromatic nitrogens is 3. The Morgan fingerprint density at radius 1 is 1.48 bits per heavy atom. The molecule has 6 nitrogen and oxygen atoms in total. The van der Waals surface area contributed by atoms with E-state index >= 15 is 0 Å². The molecule has 0 spiro atoms. The zero-order valence-corrected chi connectivity index (χ0v) is 13.9. The van der Waals surface area contributed by atoms with Crippen molar-refractivity contribution in [1.82, 2.24) is 20.1 Å². The van der Waals surface area contributed by atoms with Gasteiger partial charge in [0.1, 0.15) is 5.82 Å². The number of anilines is 1. The van der Waals surface area contributed by atoms with Crippen LogP contribution in [-0.2, 0) is 13.6 Å². The number of rotatable bonds is 5. The Balaban J connectivity index is 2.13. The van der Waals surface area contributed by atoms with Gasteiger partial charge in [-0.2, -0.15) is 5.10 Å². The molecule has 0 unspecified atom stereocenters. The number of amides is 1. The second-order valence-corrected chi connectivity index (χ2v) is 5.59. The maximum Gasteiger partial charge on any atom is 0.255 e. The van der Waals surface area contributed by atoms with E-state index in [0.717, 1.165) is 15.7 Å². The molecule has 2 rings (SSSR count). The van der Waals surface area contributed by atoms with Gasteiger partial charge in [-0.05, 0) is 35.8 Å². The second kappa shape index (κ2) is 6.71. The number of carbonyl (C=O) groups excluding carboxylic acids is 1. The van der Waals surface area contributed by atoms with Crippen molar-refractivity contribution in [2.75, 3.05) is 11.9 Å². The molecular weight excluding hydrogens is 334 g/mol. The highest BCUT2D eigenvalue weighted by Crippen LogP contribution is 2.18. The fourth-order valence-electron chi connectivity index (χ4n) is 2.01. The van der Waals surface area contributed by atoms with Gasteiger partial charge in [-0.3, -0.25) is 9.48 Å². The van der Waals surface area contributed by atoms with Crippen LogP contribution in [0.25, 0.3) is 0 Å². The van der Waals surface area contributed by atoms with E-state index in [-0.39, 0.29) is 5.91 Å².